The van der Waals surface area contributed by atoms with E-state index in [9.17, 15) is 24.3 Å². The van der Waals surface area contributed by atoms with E-state index in [-0.39, 0.29) is 18.9 Å². The van der Waals surface area contributed by atoms with Gasteiger partial charge in [-0.05, 0) is 25.0 Å². The van der Waals surface area contributed by atoms with Gasteiger partial charge in [-0.3, -0.25) is 14.4 Å². The number of unbranched alkanes of at least 4 members (excludes halogenated alkanes) is 10. The van der Waals surface area contributed by atoms with Gasteiger partial charge in [0.25, 0.3) is 0 Å². The number of amides is 3. The van der Waals surface area contributed by atoms with Crippen LogP contribution in [0.3, 0.4) is 0 Å². The number of fused-ring (bicyclic) bond motifs is 1. The molecule has 0 aliphatic heterocycles. The summed E-state index contributed by atoms with van der Waals surface area (Å²) < 4.78 is 0. The second-order valence-electron chi connectivity index (χ2n) is 10.3. The van der Waals surface area contributed by atoms with Gasteiger partial charge in [-0.15, -0.1) is 0 Å². The third-order valence-electron chi connectivity index (χ3n) is 6.93. The van der Waals surface area contributed by atoms with Crippen LogP contribution in [-0.4, -0.2) is 52.4 Å². The molecule has 0 fully saturated rings. The number of nitrogens with one attached hydrogen (secondary N) is 4. The topological polar surface area (TPSA) is 140 Å². The Hall–Kier alpha value is -3.36. The maximum Gasteiger partial charge on any atom is 0.326 e. The molecular weight excluding hydrogens is 496 g/mol. The number of benzene rings is 1. The van der Waals surface area contributed by atoms with Gasteiger partial charge in [-0.1, -0.05) is 89.3 Å². The van der Waals surface area contributed by atoms with Gasteiger partial charge < -0.3 is 26.0 Å². The van der Waals surface area contributed by atoms with Crippen LogP contribution in [0.2, 0.25) is 0 Å². The Labute approximate surface area is 231 Å². The maximum atomic E-state index is 12.3. The monoisotopic (exact) mass is 542 g/mol. The van der Waals surface area contributed by atoms with Crippen molar-refractivity contribution in [3.63, 3.8) is 0 Å². The Bertz CT molecular complexity index is 1050. The largest absolute Gasteiger partial charge is 0.480 e. The molecule has 1 aromatic heterocycles. The van der Waals surface area contributed by atoms with Crippen molar-refractivity contribution in [1.82, 2.24) is 20.9 Å². The number of aliphatic carboxylic acids is 1. The van der Waals surface area contributed by atoms with Gasteiger partial charge in [0.05, 0.1) is 6.54 Å². The van der Waals surface area contributed by atoms with Crippen molar-refractivity contribution in [1.29, 1.82) is 0 Å². The Balaban J connectivity index is 1.60. The molecule has 39 heavy (non-hydrogen) atoms. The molecule has 0 saturated carbocycles. The van der Waals surface area contributed by atoms with Crippen molar-refractivity contribution in [2.75, 3.05) is 6.54 Å². The molecule has 0 spiro atoms. The summed E-state index contributed by atoms with van der Waals surface area (Å²) in [5.41, 5.74) is 1.66. The minimum absolute atomic E-state index is 0.102. The normalized spacial score (nSPS) is 12.6. The van der Waals surface area contributed by atoms with Gasteiger partial charge in [-0.25, -0.2) is 4.79 Å². The molecule has 2 rings (SSSR count). The molecule has 2 aromatic rings. The fraction of sp³-hybridized carbons (Fsp3) is 0.600. The number of carboxylic acid groups (broad SMARTS) is 1. The number of aromatic amines is 1. The molecule has 9 nitrogen and oxygen atoms in total. The molecule has 1 heterocycles. The molecular formula is C30H46N4O5. The van der Waals surface area contributed by atoms with E-state index < -0.39 is 29.9 Å². The van der Waals surface area contributed by atoms with Crippen molar-refractivity contribution in [3.8, 4) is 0 Å². The van der Waals surface area contributed by atoms with Gasteiger partial charge in [-0.2, -0.15) is 0 Å². The Kier molecular flexibility index (Phi) is 14.7. The van der Waals surface area contributed by atoms with Crippen LogP contribution in [0.4, 0.5) is 0 Å². The van der Waals surface area contributed by atoms with Crippen LogP contribution in [0, 0.1) is 0 Å². The standard InChI is InChI=1S/C30H46N4O5/c1-3-4-5-6-7-8-9-10-11-12-13-18-27(35)33-22(2)29(37)32-21-28(36)34-26(30(38)39)19-23-20-31-25-17-15-14-16-24(23)25/h14-17,20,22,26,31H,3-13,18-19,21H2,1-2H3,(H,32,37)(H,33,35)(H,34,36)(H,38,39)/t22-,26-/m0/s1. The molecule has 1 aromatic carbocycles. The zero-order chi connectivity index (χ0) is 28.5. The van der Waals surface area contributed by atoms with Crippen molar-refractivity contribution >= 4 is 34.6 Å². The summed E-state index contributed by atoms with van der Waals surface area (Å²) in [6.07, 6.45) is 15.4. The van der Waals surface area contributed by atoms with E-state index in [1.54, 1.807) is 13.1 Å². The van der Waals surface area contributed by atoms with Crippen LogP contribution < -0.4 is 16.0 Å². The fourth-order valence-corrected chi connectivity index (χ4v) is 4.62. The number of rotatable bonds is 20. The zero-order valence-electron chi connectivity index (χ0n) is 23.5. The highest BCUT2D eigenvalue weighted by Crippen LogP contribution is 2.19. The number of carboxylic acids is 1. The molecule has 2 atom stereocenters. The molecule has 0 aliphatic rings. The highest BCUT2D eigenvalue weighted by Gasteiger charge is 2.23. The first-order chi connectivity index (χ1) is 18.8. The number of carbonyl (C=O) groups is 4. The maximum absolute atomic E-state index is 12.3. The van der Waals surface area contributed by atoms with Crippen LogP contribution in [0.25, 0.3) is 10.9 Å². The van der Waals surface area contributed by atoms with Crippen molar-refractivity contribution in [2.45, 2.75) is 109 Å². The first kappa shape index (κ1) is 31.9. The van der Waals surface area contributed by atoms with Crippen molar-refractivity contribution < 1.29 is 24.3 Å². The lowest BCUT2D eigenvalue weighted by Crippen LogP contribution is -2.50. The van der Waals surface area contributed by atoms with Gasteiger partial charge in [0.1, 0.15) is 12.1 Å². The molecule has 9 heteroatoms. The minimum Gasteiger partial charge on any atom is -0.480 e. The number of H-pyrrole nitrogens is 1. The molecule has 3 amide bonds. The summed E-state index contributed by atoms with van der Waals surface area (Å²) >= 11 is 0. The number of hydrogen-bond acceptors (Lipinski definition) is 4. The molecule has 0 bridgehead atoms. The SMILES string of the molecule is CCCCCCCCCCCCCC(=O)N[C@@H](C)C(=O)NCC(=O)N[C@@H](Cc1c[nH]c2ccccc12)C(=O)O. The average molecular weight is 543 g/mol. The Morgan fingerprint density at radius 3 is 2.10 bits per heavy atom. The highest BCUT2D eigenvalue weighted by atomic mass is 16.4. The number of hydrogen-bond donors (Lipinski definition) is 5. The van der Waals surface area contributed by atoms with Gasteiger partial charge in [0, 0.05) is 29.9 Å². The van der Waals surface area contributed by atoms with E-state index in [1.807, 2.05) is 24.3 Å². The van der Waals surface area contributed by atoms with E-state index in [0.717, 1.165) is 35.7 Å². The predicted molar refractivity (Wildman–Crippen MR) is 153 cm³/mol. The summed E-state index contributed by atoms with van der Waals surface area (Å²) in [5, 5.41) is 18.1. The van der Waals surface area contributed by atoms with E-state index in [1.165, 1.54) is 51.4 Å². The smallest absolute Gasteiger partial charge is 0.326 e. The molecule has 5 N–H and O–H groups in total. The van der Waals surface area contributed by atoms with E-state index in [2.05, 4.69) is 27.9 Å². The zero-order valence-corrected chi connectivity index (χ0v) is 23.5. The summed E-state index contributed by atoms with van der Waals surface area (Å²) in [5.74, 6) is -2.47. The van der Waals surface area contributed by atoms with Crippen molar-refractivity contribution in [3.05, 3.63) is 36.0 Å². The lowest BCUT2D eigenvalue weighted by Gasteiger charge is -2.16. The third-order valence-corrected chi connectivity index (χ3v) is 6.93. The quantitative estimate of drug-likeness (QED) is 0.156. The van der Waals surface area contributed by atoms with Crippen molar-refractivity contribution in [2.24, 2.45) is 0 Å². The van der Waals surface area contributed by atoms with Gasteiger partial charge in [0.15, 0.2) is 0 Å². The van der Waals surface area contributed by atoms with E-state index in [4.69, 9.17) is 0 Å². The molecule has 0 unspecified atom stereocenters. The van der Waals surface area contributed by atoms with Crippen LogP contribution >= 0.6 is 0 Å². The summed E-state index contributed by atoms with van der Waals surface area (Å²) in [6, 6.07) is 5.58. The number of carbonyl (C=O) groups excluding carboxylic acids is 3. The minimum atomic E-state index is -1.16. The third kappa shape index (κ3) is 12.4. The lowest BCUT2D eigenvalue weighted by atomic mass is 10.0. The second kappa shape index (κ2) is 18.0. The second-order valence-corrected chi connectivity index (χ2v) is 10.3. The number of aromatic nitrogens is 1. The first-order valence-electron chi connectivity index (χ1n) is 14.5. The van der Waals surface area contributed by atoms with Crippen LogP contribution in [0.1, 0.15) is 96.5 Å². The van der Waals surface area contributed by atoms with E-state index >= 15 is 0 Å². The van der Waals surface area contributed by atoms with Crippen LogP contribution in [0.15, 0.2) is 30.5 Å². The molecule has 216 valence electrons. The molecule has 0 aliphatic carbocycles. The summed E-state index contributed by atoms with van der Waals surface area (Å²) in [4.78, 5) is 51.7. The fourth-order valence-electron chi connectivity index (χ4n) is 4.62. The van der Waals surface area contributed by atoms with Crippen LogP contribution in [-0.2, 0) is 25.6 Å². The van der Waals surface area contributed by atoms with Crippen LogP contribution in [0.5, 0.6) is 0 Å². The Morgan fingerprint density at radius 2 is 1.46 bits per heavy atom. The van der Waals surface area contributed by atoms with E-state index in [0.29, 0.717) is 6.42 Å². The average Bonchev–Trinajstić information content (AvgIpc) is 3.32. The molecule has 0 radical (unpaired) electrons. The highest BCUT2D eigenvalue weighted by molar-refractivity contribution is 5.91. The summed E-state index contributed by atoms with van der Waals surface area (Å²) in [7, 11) is 0. The predicted octanol–water partition coefficient (Wildman–Crippen LogP) is 4.60. The number of para-hydroxylation sites is 1. The van der Waals surface area contributed by atoms with Gasteiger partial charge >= 0.3 is 5.97 Å². The lowest BCUT2D eigenvalue weighted by molar-refractivity contribution is -0.141. The summed E-state index contributed by atoms with van der Waals surface area (Å²) in [6.45, 7) is 3.41. The Morgan fingerprint density at radius 1 is 0.846 bits per heavy atom. The van der Waals surface area contributed by atoms with Gasteiger partial charge in [0.2, 0.25) is 17.7 Å². The first-order valence-corrected chi connectivity index (χ1v) is 14.5. The molecule has 0 saturated heterocycles.